The monoisotopic (exact) mass is 482 g/mol. The minimum absolute atomic E-state index is 0.237. The van der Waals surface area contributed by atoms with E-state index in [1.165, 1.54) is 5.69 Å². The highest BCUT2D eigenvalue weighted by Crippen LogP contribution is 2.35. The minimum atomic E-state index is -0.250. The number of pyridine rings is 2. The van der Waals surface area contributed by atoms with Gasteiger partial charge in [0.05, 0.1) is 12.8 Å². The van der Waals surface area contributed by atoms with Crippen LogP contribution in [0.1, 0.15) is 25.2 Å². The number of aromatic nitrogens is 4. The SMILES string of the molecule is CCOc1cc2nc(C)nn2cc1NC(=O)N1CCc2c(N3CCN[C@H](C)C3)ccnc21.O=CO. The Kier molecular flexibility index (Phi) is 7.30. The molecule has 35 heavy (non-hydrogen) atoms. The summed E-state index contributed by atoms with van der Waals surface area (Å²) in [5, 5.41) is 17.7. The number of fused-ring (bicyclic) bond motifs is 2. The number of nitrogens with one attached hydrogen (secondary N) is 2. The van der Waals surface area contributed by atoms with Crippen LogP contribution in [0.15, 0.2) is 24.5 Å². The normalized spacial score (nSPS) is 16.9. The molecule has 3 aromatic rings. The summed E-state index contributed by atoms with van der Waals surface area (Å²) in [5.74, 6) is 1.95. The Morgan fingerprint density at radius 2 is 2.20 bits per heavy atom. The number of hydrogen-bond donors (Lipinski definition) is 3. The van der Waals surface area contributed by atoms with E-state index in [4.69, 9.17) is 14.6 Å². The van der Waals surface area contributed by atoms with Gasteiger partial charge in [0.25, 0.3) is 6.47 Å². The maximum Gasteiger partial charge on any atom is 0.327 e. The molecule has 1 atom stereocenters. The second-order valence-electron chi connectivity index (χ2n) is 8.32. The molecular weight excluding hydrogens is 452 g/mol. The van der Waals surface area contributed by atoms with Crippen molar-refractivity contribution in [1.82, 2.24) is 24.9 Å². The van der Waals surface area contributed by atoms with Crippen LogP contribution in [0.5, 0.6) is 5.75 Å². The second kappa shape index (κ2) is 10.6. The Hall–Kier alpha value is -3.93. The first-order valence-electron chi connectivity index (χ1n) is 11.6. The van der Waals surface area contributed by atoms with E-state index in [1.54, 1.807) is 27.9 Å². The predicted molar refractivity (Wildman–Crippen MR) is 132 cm³/mol. The first-order chi connectivity index (χ1) is 16.9. The van der Waals surface area contributed by atoms with E-state index < -0.39 is 0 Å². The first kappa shape index (κ1) is 24.2. The summed E-state index contributed by atoms with van der Waals surface area (Å²) in [6.07, 6.45) is 4.31. The molecule has 2 amide bonds. The number of hydrogen-bond acceptors (Lipinski definition) is 8. The van der Waals surface area contributed by atoms with Gasteiger partial charge in [0.15, 0.2) is 5.65 Å². The summed E-state index contributed by atoms with van der Waals surface area (Å²) in [7, 11) is 0. The van der Waals surface area contributed by atoms with E-state index in [-0.39, 0.29) is 12.5 Å². The maximum atomic E-state index is 13.3. The molecule has 0 bridgehead atoms. The lowest BCUT2D eigenvalue weighted by atomic mass is 10.1. The molecule has 1 saturated heterocycles. The van der Waals surface area contributed by atoms with Crippen LogP contribution in [0, 0.1) is 6.92 Å². The van der Waals surface area contributed by atoms with Crippen molar-refractivity contribution >= 4 is 35.3 Å². The molecule has 0 spiro atoms. The van der Waals surface area contributed by atoms with Gasteiger partial charge in [-0.25, -0.2) is 19.3 Å². The number of anilines is 3. The summed E-state index contributed by atoms with van der Waals surface area (Å²) in [4.78, 5) is 34.6. The Labute approximate surface area is 202 Å². The summed E-state index contributed by atoms with van der Waals surface area (Å²) in [6, 6.07) is 4.05. The molecule has 2 aliphatic rings. The third kappa shape index (κ3) is 5.11. The van der Waals surface area contributed by atoms with Crippen LogP contribution >= 0.6 is 0 Å². The van der Waals surface area contributed by atoms with Gasteiger partial charge < -0.3 is 25.4 Å². The third-order valence-corrected chi connectivity index (χ3v) is 5.89. The number of aryl methyl sites for hydroxylation is 1. The van der Waals surface area contributed by atoms with E-state index >= 15 is 0 Å². The van der Waals surface area contributed by atoms with Crippen LogP contribution in [0.4, 0.5) is 22.0 Å². The van der Waals surface area contributed by atoms with Crippen molar-refractivity contribution in [2.24, 2.45) is 0 Å². The molecule has 1 fully saturated rings. The molecule has 3 N–H and O–H groups in total. The maximum absolute atomic E-state index is 13.3. The number of urea groups is 1. The fourth-order valence-corrected chi connectivity index (χ4v) is 4.49. The van der Waals surface area contributed by atoms with Crippen molar-refractivity contribution in [3.8, 4) is 5.75 Å². The van der Waals surface area contributed by atoms with Gasteiger partial charge >= 0.3 is 6.03 Å². The highest BCUT2D eigenvalue weighted by Gasteiger charge is 2.31. The molecule has 5 rings (SSSR count). The lowest BCUT2D eigenvalue weighted by molar-refractivity contribution is -0.122. The molecule has 0 radical (unpaired) electrons. The van der Waals surface area contributed by atoms with Gasteiger partial charge in [0.1, 0.15) is 23.1 Å². The number of nitrogens with zero attached hydrogens (tertiary/aromatic N) is 6. The summed E-state index contributed by atoms with van der Waals surface area (Å²) < 4.78 is 7.40. The van der Waals surface area contributed by atoms with Gasteiger partial charge in [0.2, 0.25) is 0 Å². The highest BCUT2D eigenvalue weighted by molar-refractivity contribution is 6.03. The smallest absolute Gasteiger partial charge is 0.327 e. The van der Waals surface area contributed by atoms with Crippen molar-refractivity contribution in [2.45, 2.75) is 33.2 Å². The van der Waals surface area contributed by atoms with Gasteiger partial charge in [-0.2, -0.15) is 5.10 Å². The van der Waals surface area contributed by atoms with E-state index in [0.717, 1.165) is 37.4 Å². The molecule has 5 heterocycles. The molecule has 2 aliphatic heterocycles. The summed E-state index contributed by atoms with van der Waals surface area (Å²) in [5.41, 5.74) is 3.53. The van der Waals surface area contributed by atoms with Crippen molar-refractivity contribution in [2.75, 3.05) is 47.9 Å². The molecule has 0 unspecified atom stereocenters. The van der Waals surface area contributed by atoms with Crippen LogP contribution in [-0.2, 0) is 11.2 Å². The Balaban J connectivity index is 0.000000917. The second-order valence-corrected chi connectivity index (χ2v) is 8.32. The number of rotatable bonds is 4. The molecule has 12 nitrogen and oxygen atoms in total. The number of carboxylic acid groups (broad SMARTS) is 1. The molecule has 12 heteroatoms. The van der Waals surface area contributed by atoms with Crippen LogP contribution in [0.2, 0.25) is 0 Å². The zero-order chi connectivity index (χ0) is 24.9. The number of carbonyl (C=O) groups is 2. The van der Waals surface area contributed by atoms with Gasteiger partial charge in [-0.15, -0.1) is 0 Å². The lowest BCUT2D eigenvalue weighted by Crippen LogP contribution is -2.49. The first-order valence-corrected chi connectivity index (χ1v) is 11.6. The molecule has 0 aromatic carbocycles. The van der Waals surface area contributed by atoms with Crippen molar-refractivity contribution in [3.05, 3.63) is 35.9 Å². The number of carbonyl (C=O) groups excluding carboxylic acids is 1. The lowest BCUT2D eigenvalue weighted by Gasteiger charge is -2.34. The Morgan fingerprint density at radius 3 is 2.94 bits per heavy atom. The molecule has 0 saturated carbocycles. The third-order valence-electron chi connectivity index (χ3n) is 5.89. The molecule has 0 aliphatic carbocycles. The molecule has 3 aromatic heterocycles. The van der Waals surface area contributed by atoms with Gasteiger partial charge in [-0.3, -0.25) is 9.69 Å². The number of ether oxygens (including phenoxy) is 1. The molecular formula is C23H30N8O4. The van der Waals surface area contributed by atoms with Crippen LogP contribution in [-0.4, -0.2) is 76.0 Å². The van der Waals surface area contributed by atoms with E-state index in [2.05, 4.69) is 43.6 Å². The minimum Gasteiger partial charge on any atom is -0.491 e. The standard InChI is InChI=1S/C22H28N8O2.CH2O2/c1-4-32-19-11-20-25-15(3)27-30(20)13-17(19)26-22(31)29-9-6-16-18(5-7-24-21(16)29)28-10-8-23-14(2)12-28;2-1-3/h5,7,11,13-14,23H,4,6,8-10,12H2,1-3H3,(H,26,31);1H,(H,2,3)/t14-;/m1./s1. The van der Waals surface area contributed by atoms with E-state index in [9.17, 15) is 4.79 Å². The van der Waals surface area contributed by atoms with Gasteiger partial charge in [-0.05, 0) is 33.3 Å². The van der Waals surface area contributed by atoms with Gasteiger partial charge in [0, 0.05) is 55.7 Å². The topological polar surface area (TPSA) is 137 Å². The zero-order valence-electron chi connectivity index (χ0n) is 20.1. The fraction of sp³-hybridized carbons (Fsp3) is 0.435. The Bertz CT molecular complexity index is 1210. The highest BCUT2D eigenvalue weighted by atomic mass is 16.5. The fourth-order valence-electron chi connectivity index (χ4n) is 4.49. The van der Waals surface area contributed by atoms with E-state index in [0.29, 0.717) is 42.1 Å². The average Bonchev–Trinajstić information content (AvgIpc) is 3.42. The van der Waals surface area contributed by atoms with E-state index in [1.807, 2.05) is 13.8 Å². The Morgan fingerprint density at radius 1 is 1.40 bits per heavy atom. The van der Waals surface area contributed by atoms with Crippen LogP contribution in [0.3, 0.4) is 0 Å². The summed E-state index contributed by atoms with van der Waals surface area (Å²) in [6.45, 7) is 9.58. The predicted octanol–water partition coefficient (Wildman–Crippen LogP) is 1.92. The van der Waals surface area contributed by atoms with Crippen LogP contribution < -0.4 is 25.2 Å². The van der Waals surface area contributed by atoms with Crippen molar-refractivity contribution in [1.29, 1.82) is 0 Å². The largest absolute Gasteiger partial charge is 0.491 e. The quantitative estimate of drug-likeness (QED) is 0.476. The number of amides is 2. The average molecular weight is 483 g/mol. The van der Waals surface area contributed by atoms with Gasteiger partial charge in [-0.1, -0.05) is 0 Å². The molecule has 186 valence electrons. The van der Waals surface area contributed by atoms with Crippen molar-refractivity contribution < 1.29 is 19.4 Å². The number of piperazine rings is 1. The van der Waals surface area contributed by atoms with Crippen molar-refractivity contribution in [3.63, 3.8) is 0 Å². The van der Waals surface area contributed by atoms with Crippen LogP contribution in [0.25, 0.3) is 5.65 Å². The summed E-state index contributed by atoms with van der Waals surface area (Å²) >= 11 is 0. The zero-order valence-corrected chi connectivity index (χ0v) is 20.1.